The number of amides is 1. The number of ether oxygens (including phenoxy) is 2. The van der Waals surface area contributed by atoms with E-state index in [0.717, 1.165) is 50.0 Å². The van der Waals surface area contributed by atoms with Crippen LogP contribution in [0.15, 0.2) is 30.3 Å². The summed E-state index contributed by atoms with van der Waals surface area (Å²) in [5.74, 6) is 0.965. The van der Waals surface area contributed by atoms with Gasteiger partial charge in [0.05, 0.1) is 17.2 Å². The molecule has 30 heavy (non-hydrogen) atoms. The highest BCUT2D eigenvalue weighted by molar-refractivity contribution is 7.16. The fourth-order valence-corrected chi connectivity index (χ4v) is 5.33. The molecule has 162 valence electrons. The van der Waals surface area contributed by atoms with Crippen LogP contribution in [0.1, 0.15) is 36.8 Å². The number of thiophene rings is 1. The summed E-state index contributed by atoms with van der Waals surface area (Å²) in [5, 5.41) is 3.77. The quantitative estimate of drug-likeness (QED) is 0.785. The van der Waals surface area contributed by atoms with Gasteiger partial charge in [-0.25, -0.2) is 0 Å². The third-order valence-corrected chi connectivity index (χ3v) is 6.41. The zero-order valence-corrected chi connectivity index (χ0v) is 18.8. The van der Waals surface area contributed by atoms with E-state index in [1.165, 1.54) is 22.9 Å². The average molecular weight is 430 g/mol. The largest absolute Gasteiger partial charge is 0.492 e. The summed E-state index contributed by atoms with van der Waals surface area (Å²) in [4.78, 5) is 17.4. The molecule has 1 N–H and O–H groups in total. The molecule has 1 amide bonds. The molecule has 0 spiro atoms. The van der Waals surface area contributed by atoms with Crippen molar-refractivity contribution in [2.75, 3.05) is 31.6 Å². The number of rotatable bonds is 5. The molecule has 7 heteroatoms. The number of fused-ring (bicyclic) bond motifs is 1. The second-order valence-corrected chi connectivity index (χ2v) is 9.57. The van der Waals surface area contributed by atoms with Crippen molar-refractivity contribution in [2.24, 2.45) is 0 Å². The molecule has 2 aromatic rings. The molecule has 0 saturated carbocycles. The second kappa shape index (κ2) is 9.47. The number of nitrogens with one attached hydrogen (secondary N) is 1. The smallest absolute Gasteiger partial charge is 0.221 e. The van der Waals surface area contributed by atoms with Crippen LogP contribution >= 0.6 is 11.3 Å². The van der Waals surface area contributed by atoms with Crippen LogP contribution in [-0.4, -0.2) is 54.2 Å². The molecule has 1 saturated heterocycles. The van der Waals surface area contributed by atoms with E-state index < -0.39 is 0 Å². The van der Waals surface area contributed by atoms with Gasteiger partial charge >= 0.3 is 0 Å². The van der Waals surface area contributed by atoms with Crippen LogP contribution in [0.25, 0.3) is 0 Å². The minimum atomic E-state index is -0.0305. The molecular weight excluding hydrogens is 398 g/mol. The van der Waals surface area contributed by atoms with Crippen molar-refractivity contribution in [1.29, 1.82) is 0 Å². The summed E-state index contributed by atoms with van der Waals surface area (Å²) in [6, 6.07) is 10.7. The Morgan fingerprint density at radius 3 is 2.70 bits per heavy atom. The van der Waals surface area contributed by atoms with Crippen LogP contribution in [0, 0.1) is 0 Å². The minimum absolute atomic E-state index is 0.0305. The third kappa shape index (κ3) is 5.60. The van der Waals surface area contributed by atoms with Crippen LogP contribution in [0.5, 0.6) is 5.75 Å². The highest BCUT2D eigenvalue weighted by atomic mass is 32.1. The lowest BCUT2D eigenvalue weighted by Gasteiger charge is -2.35. The monoisotopic (exact) mass is 429 g/mol. The highest BCUT2D eigenvalue weighted by Gasteiger charge is 2.23. The Morgan fingerprint density at radius 1 is 1.13 bits per heavy atom. The Bertz CT molecular complexity index is 874. The van der Waals surface area contributed by atoms with Crippen molar-refractivity contribution >= 4 is 22.2 Å². The normalized spacial score (nSPS) is 22.8. The lowest BCUT2D eigenvalue weighted by atomic mass is 10.1. The van der Waals surface area contributed by atoms with Crippen molar-refractivity contribution < 1.29 is 14.3 Å². The molecule has 0 aliphatic carbocycles. The first-order chi connectivity index (χ1) is 14.4. The Kier molecular flexibility index (Phi) is 6.73. The molecular formula is C23H31N3O3S. The zero-order chi connectivity index (χ0) is 21.1. The van der Waals surface area contributed by atoms with Gasteiger partial charge in [0, 0.05) is 56.6 Å². The van der Waals surface area contributed by atoms with E-state index in [4.69, 9.17) is 9.47 Å². The molecule has 0 bridgehead atoms. The lowest BCUT2D eigenvalue weighted by molar-refractivity contribution is -0.114. The van der Waals surface area contributed by atoms with Crippen LogP contribution < -0.4 is 10.1 Å². The van der Waals surface area contributed by atoms with Gasteiger partial charge in [-0.2, -0.15) is 0 Å². The van der Waals surface area contributed by atoms with Gasteiger partial charge in [-0.3, -0.25) is 14.6 Å². The maximum absolute atomic E-state index is 11.3. The van der Waals surface area contributed by atoms with E-state index in [2.05, 4.69) is 53.2 Å². The van der Waals surface area contributed by atoms with Crippen molar-refractivity contribution in [3.05, 3.63) is 46.3 Å². The highest BCUT2D eigenvalue weighted by Crippen LogP contribution is 2.28. The molecule has 6 nitrogen and oxygen atoms in total. The Labute approximate surface area is 182 Å². The molecule has 4 rings (SSSR count). The van der Waals surface area contributed by atoms with E-state index in [1.807, 2.05) is 6.07 Å². The number of benzene rings is 1. The van der Waals surface area contributed by atoms with Crippen LogP contribution in [-0.2, 0) is 29.2 Å². The molecule has 1 aromatic carbocycles. The van der Waals surface area contributed by atoms with Crippen LogP contribution in [0.3, 0.4) is 0 Å². The van der Waals surface area contributed by atoms with Crippen molar-refractivity contribution in [1.82, 2.24) is 9.80 Å². The number of morpholine rings is 1. The molecule has 2 atom stereocenters. The third-order valence-electron chi connectivity index (χ3n) is 5.43. The first-order valence-electron chi connectivity index (χ1n) is 10.7. The fraction of sp³-hybridized carbons (Fsp3) is 0.522. The molecule has 2 aliphatic rings. The van der Waals surface area contributed by atoms with Crippen molar-refractivity contribution in [2.45, 2.75) is 52.6 Å². The van der Waals surface area contributed by atoms with Crippen molar-refractivity contribution in [3.63, 3.8) is 0 Å². The first kappa shape index (κ1) is 21.3. The van der Waals surface area contributed by atoms with Gasteiger partial charge in [0.15, 0.2) is 0 Å². The molecule has 0 unspecified atom stereocenters. The van der Waals surface area contributed by atoms with E-state index in [1.54, 1.807) is 11.3 Å². The maximum Gasteiger partial charge on any atom is 0.221 e. The topological polar surface area (TPSA) is 54.0 Å². The predicted octanol–water partition coefficient (Wildman–Crippen LogP) is 3.71. The Hall–Kier alpha value is -1.93. The van der Waals surface area contributed by atoms with Gasteiger partial charge in [0.25, 0.3) is 0 Å². The molecule has 1 aromatic heterocycles. The molecule has 3 heterocycles. The van der Waals surface area contributed by atoms with E-state index >= 15 is 0 Å². The van der Waals surface area contributed by atoms with Gasteiger partial charge < -0.3 is 14.8 Å². The summed E-state index contributed by atoms with van der Waals surface area (Å²) in [6.45, 7) is 12.0. The standard InChI is InChI=1S/C23H31N3O3S/c1-16-11-26(12-17(2)29-16)13-19-4-6-22-20(10-19)14-25(8-9-28-22)15-21-5-7-23(30-21)24-18(3)27/h4-7,10,16-17H,8-9,11-15H2,1-3H3,(H,24,27)/t16-,17+. The average Bonchev–Trinajstić information content (AvgIpc) is 2.98. The molecule has 0 radical (unpaired) electrons. The number of hydrogen-bond acceptors (Lipinski definition) is 6. The lowest BCUT2D eigenvalue weighted by Crippen LogP contribution is -2.44. The van der Waals surface area contributed by atoms with Gasteiger partial charge in [0.2, 0.25) is 5.91 Å². The van der Waals surface area contributed by atoms with Gasteiger partial charge in [-0.1, -0.05) is 6.07 Å². The molecule has 2 aliphatic heterocycles. The minimum Gasteiger partial charge on any atom is -0.492 e. The second-order valence-electron chi connectivity index (χ2n) is 8.40. The Morgan fingerprint density at radius 2 is 1.93 bits per heavy atom. The molecule has 1 fully saturated rings. The predicted molar refractivity (Wildman–Crippen MR) is 120 cm³/mol. The summed E-state index contributed by atoms with van der Waals surface area (Å²) < 4.78 is 11.9. The first-order valence-corrected chi connectivity index (χ1v) is 11.5. The maximum atomic E-state index is 11.3. The number of carbonyl (C=O) groups excluding carboxylic acids is 1. The number of carbonyl (C=O) groups is 1. The Balaban J connectivity index is 1.42. The number of hydrogen-bond donors (Lipinski definition) is 1. The van der Waals surface area contributed by atoms with Gasteiger partial charge in [0.1, 0.15) is 12.4 Å². The van der Waals surface area contributed by atoms with E-state index in [9.17, 15) is 4.79 Å². The van der Waals surface area contributed by atoms with E-state index in [-0.39, 0.29) is 18.1 Å². The summed E-state index contributed by atoms with van der Waals surface area (Å²) in [6.07, 6.45) is 0.558. The number of nitrogens with zero attached hydrogens (tertiary/aromatic N) is 2. The summed E-state index contributed by atoms with van der Waals surface area (Å²) >= 11 is 1.64. The van der Waals surface area contributed by atoms with E-state index in [0.29, 0.717) is 6.61 Å². The van der Waals surface area contributed by atoms with Gasteiger partial charge in [-0.05, 0) is 43.7 Å². The zero-order valence-electron chi connectivity index (χ0n) is 18.0. The summed E-state index contributed by atoms with van der Waals surface area (Å²) in [7, 11) is 0. The van der Waals surface area contributed by atoms with Crippen molar-refractivity contribution in [3.8, 4) is 5.75 Å². The fourth-order valence-electron chi connectivity index (χ4n) is 4.33. The van der Waals surface area contributed by atoms with Crippen LogP contribution in [0.2, 0.25) is 0 Å². The summed E-state index contributed by atoms with van der Waals surface area (Å²) in [5.41, 5.74) is 2.57. The van der Waals surface area contributed by atoms with Gasteiger partial charge in [-0.15, -0.1) is 11.3 Å². The SMILES string of the molecule is CC(=O)Nc1ccc(CN2CCOc3ccc(CN4C[C@@H](C)O[C@@H](C)C4)cc3C2)s1. The van der Waals surface area contributed by atoms with Crippen LogP contribution in [0.4, 0.5) is 5.00 Å². The number of anilines is 1.